The van der Waals surface area contributed by atoms with Crippen LogP contribution in [-0.2, 0) is 11.3 Å². The maximum Gasteiger partial charge on any atom is 0.0956 e. The Morgan fingerprint density at radius 2 is 1.97 bits per heavy atom. The van der Waals surface area contributed by atoms with Gasteiger partial charge >= 0.3 is 0 Å². The van der Waals surface area contributed by atoms with Crippen molar-refractivity contribution in [2.75, 3.05) is 0 Å². The zero-order valence-corrected chi connectivity index (χ0v) is 17.2. The third kappa shape index (κ3) is 3.92. The molecule has 2 unspecified atom stereocenters. The molecule has 0 spiro atoms. The maximum atomic E-state index is 11.2. The highest BCUT2D eigenvalue weighted by atomic mass is 16.5. The summed E-state index contributed by atoms with van der Waals surface area (Å²) in [6.45, 7) is 0.619. The summed E-state index contributed by atoms with van der Waals surface area (Å²) < 4.78 is 8.39. The number of benzene rings is 1. The number of aliphatic hydroxyl groups is 1. The number of hydrogen-bond acceptors (Lipinski definition) is 4. The van der Waals surface area contributed by atoms with Crippen molar-refractivity contribution in [2.24, 2.45) is 5.92 Å². The molecule has 0 saturated heterocycles. The fourth-order valence-corrected chi connectivity index (χ4v) is 5.14. The summed E-state index contributed by atoms with van der Waals surface area (Å²) >= 11 is 0. The molecule has 0 radical (unpaired) electrons. The van der Waals surface area contributed by atoms with Gasteiger partial charge in [0.1, 0.15) is 0 Å². The Hall–Kier alpha value is -2.50. The monoisotopic (exact) mass is 403 g/mol. The fraction of sp³-hybridized carbons (Fsp3) is 0.440. The lowest BCUT2D eigenvalue weighted by Crippen LogP contribution is -2.24. The molecule has 3 heterocycles. The molecule has 5 heteroatoms. The SMILES string of the molecule is OC(CC1c2ccccc2-c2cncn21)[C@H]1CCC[C@@H](OCc2cccnc2)CC1. The molecular formula is C25H29N3O2. The highest BCUT2D eigenvalue weighted by Crippen LogP contribution is 2.42. The van der Waals surface area contributed by atoms with E-state index in [1.165, 1.54) is 11.1 Å². The summed E-state index contributed by atoms with van der Waals surface area (Å²) in [6, 6.07) is 12.7. The van der Waals surface area contributed by atoms with Crippen molar-refractivity contribution in [1.82, 2.24) is 14.5 Å². The molecule has 4 atom stereocenters. The number of aromatic nitrogens is 3. The van der Waals surface area contributed by atoms with E-state index in [1.54, 1.807) is 6.20 Å². The molecule has 2 aromatic heterocycles. The lowest BCUT2D eigenvalue weighted by molar-refractivity contribution is 0.0268. The van der Waals surface area contributed by atoms with E-state index in [9.17, 15) is 5.11 Å². The molecule has 0 amide bonds. The van der Waals surface area contributed by atoms with Crippen LogP contribution in [0.15, 0.2) is 61.3 Å². The largest absolute Gasteiger partial charge is 0.393 e. The van der Waals surface area contributed by atoms with Gasteiger partial charge in [0.25, 0.3) is 0 Å². The molecule has 5 rings (SSSR count). The number of nitrogens with zero attached hydrogens (tertiary/aromatic N) is 3. The molecule has 1 saturated carbocycles. The Balaban J connectivity index is 1.20. The molecule has 156 valence electrons. The Morgan fingerprint density at radius 1 is 1.03 bits per heavy atom. The second kappa shape index (κ2) is 8.70. The molecule has 1 N–H and O–H groups in total. The summed E-state index contributed by atoms with van der Waals surface area (Å²) in [5.41, 5.74) is 4.83. The van der Waals surface area contributed by atoms with Crippen LogP contribution >= 0.6 is 0 Å². The van der Waals surface area contributed by atoms with Crippen molar-refractivity contribution in [1.29, 1.82) is 0 Å². The van der Waals surface area contributed by atoms with Crippen LogP contribution in [0.1, 0.15) is 55.7 Å². The van der Waals surface area contributed by atoms with Gasteiger partial charge in [-0.3, -0.25) is 4.98 Å². The number of pyridine rings is 1. The fourth-order valence-electron chi connectivity index (χ4n) is 5.14. The third-order valence-corrected chi connectivity index (χ3v) is 6.78. The standard InChI is InChI=1S/C25H29N3O2/c29-25(13-23-21-8-1-2-9-22(21)24-15-27-17-28(23)24)19-6-3-7-20(11-10-19)30-16-18-5-4-12-26-14-18/h1-2,4-5,8-9,12,14-15,17,19-20,23,25,29H,3,6-7,10-11,13,16H2/t19-,20+,23?,25?/m0/s1. The summed E-state index contributed by atoms with van der Waals surface area (Å²) in [5, 5.41) is 11.2. The van der Waals surface area contributed by atoms with Crippen LogP contribution < -0.4 is 0 Å². The minimum atomic E-state index is -0.312. The average molecular weight is 404 g/mol. The van der Waals surface area contributed by atoms with Crippen molar-refractivity contribution in [3.8, 4) is 11.3 Å². The van der Waals surface area contributed by atoms with Gasteiger partial charge in [-0.25, -0.2) is 4.98 Å². The summed E-state index contributed by atoms with van der Waals surface area (Å²) in [5.74, 6) is 0.330. The van der Waals surface area contributed by atoms with Crippen molar-refractivity contribution in [2.45, 2.75) is 63.4 Å². The van der Waals surface area contributed by atoms with Crippen molar-refractivity contribution in [3.05, 3.63) is 72.4 Å². The second-order valence-corrected chi connectivity index (χ2v) is 8.65. The molecular weight excluding hydrogens is 374 g/mol. The third-order valence-electron chi connectivity index (χ3n) is 6.78. The number of rotatable bonds is 6. The highest BCUT2D eigenvalue weighted by molar-refractivity contribution is 5.68. The zero-order valence-electron chi connectivity index (χ0n) is 17.2. The summed E-state index contributed by atoms with van der Waals surface area (Å²) in [7, 11) is 0. The number of imidazole rings is 1. The van der Waals surface area contributed by atoms with Crippen molar-refractivity contribution >= 4 is 0 Å². The van der Waals surface area contributed by atoms with Gasteiger partial charge in [-0.05, 0) is 55.2 Å². The van der Waals surface area contributed by atoms with Crippen LogP contribution in [0.4, 0.5) is 0 Å². The van der Waals surface area contributed by atoms with Crippen LogP contribution in [0.25, 0.3) is 11.3 Å². The lowest BCUT2D eigenvalue weighted by atomic mass is 9.88. The second-order valence-electron chi connectivity index (χ2n) is 8.65. The highest BCUT2D eigenvalue weighted by Gasteiger charge is 2.33. The van der Waals surface area contributed by atoms with Gasteiger partial charge in [-0.15, -0.1) is 0 Å². The summed E-state index contributed by atoms with van der Waals surface area (Å²) in [6.07, 6.45) is 13.5. The Morgan fingerprint density at radius 3 is 2.87 bits per heavy atom. The van der Waals surface area contributed by atoms with E-state index in [-0.39, 0.29) is 18.2 Å². The van der Waals surface area contributed by atoms with E-state index in [1.807, 2.05) is 24.8 Å². The van der Waals surface area contributed by atoms with Crippen LogP contribution in [0.2, 0.25) is 0 Å². The average Bonchev–Trinajstić information content (AvgIpc) is 3.28. The van der Waals surface area contributed by atoms with E-state index in [0.717, 1.165) is 49.8 Å². The van der Waals surface area contributed by atoms with Gasteiger partial charge in [0.15, 0.2) is 0 Å². The van der Waals surface area contributed by atoms with E-state index < -0.39 is 0 Å². The quantitative estimate of drug-likeness (QED) is 0.603. The zero-order chi connectivity index (χ0) is 20.3. The number of aliphatic hydroxyl groups excluding tert-OH is 1. The van der Waals surface area contributed by atoms with Crippen LogP contribution in [0.5, 0.6) is 0 Å². The van der Waals surface area contributed by atoms with E-state index >= 15 is 0 Å². The Kier molecular flexibility index (Phi) is 5.65. The Labute approximate surface area is 177 Å². The number of fused-ring (bicyclic) bond motifs is 3. The van der Waals surface area contributed by atoms with Crippen LogP contribution in [0.3, 0.4) is 0 Å². The topological polar surface area (TPSA) is 60.2 Å². The first kappa shape index (κ1) is 19.5. The van der Waals surface area contributed by atoms with Gasteiger partial charge in [0.05, 0.1) is 43.1 Å². The predicted octanol–water partition coefficient (Wildman–Crippen LogP) is 4.76. The molecule has 30 heavy (non-hydrogen) atoms. The maximum absolute atomic E-state index is 11.2. The minimum absolute atomic E-state index is 0.176. The first-order valence-electron chi connectivity index (χ1n) is 11.1. The number of hydrogen-bond donors (Lipinski definition) is 1. The first-order valence-corrected chi connectivity index (χ1v) is 11.1. The van der Waals surface area contributed by atoms with Crippen molar-refractivity contribution < 1.29 is 9.84 Å². The lowest BCUT2D eigenvalue weighted by Gasteiger charge is -2.25. The smallest absolute Gasteiger partial charge is 0.0956 e. The van der Waals surface area contributed by atoms with Gasteiger partial charge < -0.3 is 14.4 Å². The van der Waals surface area contributed by atoms with Crippen molar-refractivity contribution in [3.63, 3.8) is 0 Å². The number of ether oxygens (including phenoxy) is 1. The summed E-state index contributed by atoms with van der Waals surface area (Å²) in [4.78, 5) is 8.50. The van der Waals surface area contributed by atoms with Gasteiger partial charge in [0.2, 0.25) is 0 Å². The van der Waals surface area contributed by atoms with Gasteiger partial charge in [-0.1, -0.05) is 36.8 Å². The van der Waals surface area contributed by atoms with E-state index in [4.69, 9.17) is 4.74 Å². The normalized spacial score (nSPS) is 24.1. The minimum Gasteiger partial charge on any atom is -0.393 e. The molecule has 1 aliphatic carbocycles. The molecule has 1 aromatic carbocycles. The molecule has 5 nitrogen and oxygen atoms in total. The van der Waals surface area contributed by atoms with Crippen LogP contribution in [0, 0.1) is 5.92 Å². The van der Waals surface area contributed by atoms with Gasteiger partial charge in [-0.2, -0.15) is 0 Å². The Bertz CT molecular complexity index is 971. The molecule has 0 bridgehead atoms. The molecule has 3 aromatic rings. The van der Waals surface area contributed by atoms with Crippen LogP contribution in [-0.4, -0.2) is 31.8 Å². The van der Waals surface area contributed by atoms with E-state index in [0.29, 0.717) is 12.5 Å². The molecule has 1 fully saturated rings. The predicted molar refractivity (Wildman–Crippen MR) is 116 cm³/mol. The molecule has 2 aliphatic rings. The van der Waals surface area contributed by atoms with E-state index in [2.05, 4.69) is 44.9 Å². The molecule has 1 aliphatic heterocycles. The first-order chi connectivity index (χ1) is 14.8. The van der Waals surface area contributed by atoms with Gasteiger partial charge in [0, 0.05) is 18.0 Å².